The van der Waals surface area contributed by atoms with Crippen LogP contribution in [0.25, 0.3) is 0 Å². The minimum Gasteiger partial charge on any atom is -0.756 e. The summed E-state index contributed by atoms with van der Waals surface area (Å²) < 4.78 is 23.3. The van der Waals surface area contributed by atoms with Crippen molar-refractivity contribution in [2.24, 2.45) is 0 Å². The molecule has 0 aliphatic rings. The molecule has 0 saturated heterocycles. The maximum absolute atomic E-state index is 12.9. The first kappa shape index (κ1) is 58.0. The third-order valence-electron chi connectivity index (χ3n) is 11.5. The van der Waals surface area contributed by atoms with E-state index in [0.29, 0.717) is 23.9 Å². The fourth-order valence-electron chi connectivity index (χ4n) is 7.49. The number of carbonyl (C=O) groups is 1. The van der Waals surface area contributed by atoms with Gasteiger partial charge >= 0.3 is 0 Å². The third kappa shape index (κ3) is 44.8. The highest BCUT2D eigenvalue weighted by molar-refractivity contribution is 7.45. The second-order valence-electron chi connectivity index (χ2n) is 18.5. The van der Waals surface area contributed by atoms with Gasteiger partial charge in [0.05, 0.1) is 39.9 Å². The van der Waals surface area contributed by atoms with Crippen molar-refractivity contribution < 1.29 is 32.9 Å². The average Bonchev–Trinajstić information content (AvgIpc) is 3.19. The predicted molar refractivity (Wildman–Crippen MR) is 252 cm³/mol. The Balaban J connectivity index is 4.23. The van der Waals surface area contributed by atoms with E-state index in [2.05, 4.69) is 43.5 Å². The number of hydrogen-bond acceptors (Lipinski definition) is 6. The van der Waals surface area contributed by atoms with Gasteiger partial charge in [0.2, 0.25) is 5.91 Å². The predicted octanol–water partition coefficient (Wildman–Crippen LogP) is 13.8. The molecule has 0 bridgehead atoms. The van der Waals surface area contributed by atoms with Gasteiger partial charge in [-0.25, -0.2) is 0 Å². The smallest absolute Gasteiger partial charge is 0.268 e. The lowest BCUT2D eigenvalue weighted by Crippen LogP contribution is -2.46. The molecular weight excluding hydrogens is 756 g/mol. The lowest BCUT2D eigenvalue weighted by atomic mass is 10.0. The lowest BCUT2D eigenvalue weighted by molar-refractivity contribution is -0.870. The van der Waals surface area contributed by atoms with Gasteiger partial charge in [-0.15, -0.1) is 0 Å². The summed E-state index contributed by atoms with van der Waals surface area (Å²) in [5.74, 6) is -0.163. The minimum absolute atomic E-state index is 0.0136. The van der Waals surface area contributed by atoms with Gasteiger partial charge < -0.3 is 28.8 Å². The Morgan fingerprint density at radius 2 is 1.03 bits per heavy atom. The molecule has 0 aromatic heterocycles. The summed E-state index contributed by atoms with van der Waals surface area (Å²) in [7, 11) is 1.31. The number of aliphatic hydroxyl groups is 1. The molecule has 8 nitrogen and oxygen atoms in total. The monoisotopic (exact) mass is 855 g/mol. The molecule has 0 fully saturated rings. The molecule has 0 saturated carbocycles. The van der Waals surface area contributed by atoms with Crippen molar-refractivity contribution >= 4 is 13.7 Å². The van der Waals surface area contributed by atoms with E-state index < -0.39 is 20.0 Å². The fraction of sp³-hybridized carbons (Fsp3) is 0.900. The summed E-state index contributed by atoms with van der Waals surface area (Å²) in [4.78, 5) is 25.4. The Bertz CT molecular complexity index is 1020. The molecule has 0 aliphatic heterocycles. The van der Waals surface area contributed by atoms with Crippen LogP contribution >= 0.6 is 7.82 Å². The van der Waals surface area contributed by atoms with Gasteiger partial charge in [0, 0.05) is 6.42 Å². The van der Waals surface area contributed by atoms with Gasteiger partial charge in [-0.2, -0.15) is 0 Å². The number of allylic oxidation sites excluding steroid dienone is 4. The third-order valence-corrected chi connectivity index (χ3v) is 12.4. The number of unbranched alkanes of at least 4 members (excludes halogenated alkanes) is 29. The molecule has 0 spiro atoms. The van der Waals surface area contributed by atoms with Gasteiger partial charge in [-0.1, -0.05) is 218 Å². The van der Waals surface area contributed by atoms with Crippen LogP contribution in [0, 0.1) is 0 Å². The summed E-state index contributed by atoms with van der Waals surface area (Å²) >= 11 is 0. The number of carbonyl (C=O) groups excluding carboxylic acids is 1. The molecule has 0 aromatic carbocycles. The number of quaternary nitrogens is 1. The first-order valence-electron chi connectivity index (χ1n) is 25.2. The first-order valence-corrected chi connectivity index (χ1v) is 26.6. The van der Waals surface area contributed by atoms with Gasteiger partial charge in [0.25, 0.3) is 7.82 Å². The fourth-order valence-corrected chi connectivity index (χ4v) is 8.21. The van der Waals surface area contributed by atoms with Crippen molar-refractivity contribution in [3.8, 4) is 0 Å². The number of rotatable bonds is 46. The summed E-state index contributed by atoms with van der Waals surface area (Å²) in [6, 6.07) is -0.798. The van der Waals surface area contributed by atoms with Crippen LogP contribution in [0.15, 0.2) is 24.3 Å². The maximum atomic E-state index is 12.9. The molecule has 2 N–H and O–H groups in total. The summed E-state index contributed by atoms with van der Waals surface area (Å²) in [6.45, 7) is 4.64. The average molecular weight is 855 g/mol. The molecule has 0 rings (SSSR count). The van der Waals surface area contributed by atoms with E-state index >= 15 is 0 Å². The van der Waals surface area contributed by atoms with Gasteiger partial charge in [0.1, 0.15) is 13.2 Å². The SMILES string of the molecule is CC/C=C\C/C=C\CCCCCCCCCCCCCCCCC(=O)NC(COP(=O)([O-])OCC[N+](C)(C)C)C(O)CCCCCCCCCCCCCCCCCC. The zero-order valence-electron chi connectivity index (χ0n) is 39.7. The highest BCUT2D eigenvalue weighted by atomic mass is 31.2. The molecule has 0 heterocycles. The van der Waals surface area contributed by atoms with E-state index in [0.717, 1.165) is 51.4 Å². The molecule has 3 unspecified atom stereocenters. The number of amides is 1. The van der Waals surface area contributed by atoms with Crippen molar-refractivity contribution in [3.05, 3.63) is 24.3 Å². The minimum atomic E-state index is -4.56. The Kier molecular flexibility index (Phi) is 41.6. The molecule has 0 radical (unpaired) electrons. The number of phosphoric ester groups is 1. The van der Waals surface area contributed by atoms with Gasteiger partial charge in [0.15, 0.2) is 0 Å². The Labute approximate surface area is 366 Å². The van der Waals surface area contributed by atoms with E-state index in [1.165, 1.54) is 161 Å². The molecule has 0 aromatic rings. The second-order valence-corrected chi connectivity index (χ2v) is 19.9. The zero-order chi connectivity index (χ0) is 43.6. The van der Waals surface area contributed by atoms with E-state index in [-0.39, 0.29) is 19.1 Å². The molecular formula is C50H99N2O6P. The number of aliphatic hydroxyl groups excluding tert-OH is 1. The number of likely N-dealkylation sites (N-methyl/N-ethyl adjacent to an activating group) is 1. The highest BCUT2D eigenvalue weighted by Gasteiger charge is 2.24. The number of nitrogens with zero attached hydrogens (tertiary/aromatic N) is 1. The molecule has 59 heavy (non-hydrogen) atoms. The Morgan fingerprint density at radius 1 is 0.610 bits per heavy atom. The summed E-state index contributed by atoms with van der Waals surface area (Å²) in [5.41, 5.74) is 0. The van der Waals surface area contributed by atoms with Crippen LogP contribution in [0.4, 0.5) is 0 Å². The van der Waals surface area contributed by atoms with Crippen LogP contribution in [0.2, 0.25) is 0 Å². The normalized spacial score (nSPS) is 14.4. The molecule has 9 heteroatoms. The molecule has 1 amide bonds. The van der Waals surface area contributed by atoms with Crippen LogP contribution in [-0.4, -0.2) is 68.5 Å². The number of hydrogen-bond donors (Lipinski definition) is 2. The van der Waals surface area contributed by atoms with Crippen LogP contribution < -0.4 is 10.2 Å². The van der Waals surface area contributed by atoms with E-state index in [9.17, 15) is 19.4 Å². The van der Waals surface area contributed by atoms with Crippen molar-refractivity contribution in [3.63, 3.8) is 0 Å². The zero-order valence-corrected chi connectivity index (χ0v) is 40.6. The quantitative estimate of drug-likeness (QED) is 0.0273. The molecule has 0 aliphatic carbocycles. The van der Waals surface area contributed by atoms with Crippen LogP contribution in [0.5, 0.6) is 0 Å². The van der Waals surface area contributed by atoms with Crippen molar-refractivity contribution in [2.45, 2.75) is 251 Å². The van der Waals surface area contributed by atoms with E-state index in [1.54, 1.807) is 0 Å². The van der Waals surface area contributed by atoms with Crippen LogP contribution in [0.1, 0.15) is 239 Å². The van der Waals surface area contributed by atoms with Gasteiger partial charge in [-0.3, -0.25) is 9.36 Å². The molecule has 350 valence electrons. The summed E-state index contributed by atoms with van der Waals surface area (Å²) in [5, 5.41) is 14.0. The van der Waals surface area contributed by atoms with Crippen molar-refractivity contribution in [1.29, 1.82) is 0 Å². The lowest BCUT2D eigenvalue weighted by Gasteiger charge is -2.30. The Morgan fingerprint density at radius 3 is 1.49 bits per heavy atom. The largest absolute Gasteiger partial charge is 0.756 e. The Hall–Kier alpha value is -1.02. The topological polar surface area (TPSA) is 108 Å². The van der Waals surface area contributed by atoms with Crippen molar-refractivity contribution in [1.82, 2.24) is 5.32 Å². The van der Waals surface area contributed by atoms with Gasteiger partial charge in [-0.05, 0) is 38.5 Å². The summed E-state index contributed by atoms with van der Waals surface area (Å²) in [6.07, 6.45) is 50.4. The van der Waals surface area contributed by atoms with E-state index in [1.807, 2.05) is 21.1 Å². The van der Waals surface area contributed by atoms with Crippen LogP contribution in [-0.2, 0) is 18.4 Å². The maximum Gasteiger partial charge on any atom is 0.268 e. The standard InChI is InChI=1S/C50H99N2O6P/c1-6-8-10-12-14-16-18-20-22-24-25-26-27-28-30-32-34-36-38-40-42-44-50(54)51-48(47-58-59(55,56)57-46-45-52(3,4)5)49(53)43-41-39-37-35-33-31-29-23-21-19-17-15-13-11-9-7-2/h8,10,14,16,48-49,53H,6-7,9,11-13,15,17-47H2,1-5H3,(H-,51,54,55,56)/b10-8-,16-14-. The second kappa shape index (κ2) is 42.3. The van der Waals surface area contributed by atoms with E-state index in [4.69, 9.17) is 9.05 Å². The van der Waals surface area contributed by atoms with Crippen LogP contribution in [0.3, 0.4) is 0 Å². The molecule has 3 atom stereocenters. The number of phosphoric acid groups is 1. The number of nitrogens with one attached hydrogen (secondary N) is 1. The van der Waals surface area contributed by atoms with Crippen molar-refractivity contribution in [2.75, 3.05) is 40.9 Å². The highest BCUT2D eigenvalue weighted by Crippen LogP contribution is 2.38. The first-order chi connectivity index (χ1) is 28.5.